The number of amides is 2. The Labute approximate surface area is 128 Å². The van der Waals surface area contributed by atoms with Crippen molar-refractivity contribution in [3.63, 3.8) is 0 Å². The Bertz CT molecular complexity index is 545. The van der Waals surface area contributed by atoms with E-state index in [1.807, 2.05) is 17.3 Å². The number of nitrogens with one attached hydrogen (secondary N) is 1. The van der Waals surface area contributed by atoms with Gasteiger partial charge < -0.3 is 10.2 Å². The van der Waals surface area contributed by atoms with Crippen LogP contribution >= 0.6 is 11.3 Å². The summed E-state index contributed by atoms with van der Waals surface area (Å²) in [6.07, 6.45) is 1.24. The molecule has 0 aromatic carbocycles. The fourth-order valence-electron chi connectivity index (χ4n) is 2.95. The van der Waals surface area contributed by atoms with Crippen LogP contribution < -0.4 is 5.32 Å². The number of thiazole rings is 1. The SMILES string of the molecule is Cc1ncsc1CCC(=O)N1CCN2CCNC(=O)[C@@H]2C1. The molecule has 2 fully saturated rings. The summed E-state index contributed by atoms with van der Waals surface area (Å²) in [6, 6.07) is -0.165. The van der Waals surface area contributed by atoms with Crippen LogP contribution in [0.4, 0.5) is 0 Å². The van der Waals surface area contributed by atoms with Gasteiger partial charge in [0.1, 0.15) is 6.04 Å². The lowest BCUT2D eigenvalue weighted by molar-refractivity contribution is -0.139. The molecule has 3 heterocycles. The molecule has 2 aliphatic rings. The third-order valence-electron chi connectivity index (χ3n) is 4.26. The Morgan fingerprint density at radius 1 is 1.48 bits per heavy atom. The molecule has 3 rings (SSSR count). The molecular formula is C14H20N4O2S. The van der Waals surface area contributed by atoms with Crippen molar-refractivity contribution in [1.82, 2.24) is 20.1 Å². The number of carbonyl (C=O) groups excluding carboxylic acids is 2. The first-order chi connectivity index (χ1) is 10.1. The normalized spacial score (nSPS) is 22.8. The average molecular weight is 308 g/mol. The maximum absolute atomic E-state index is 12.3. The van der Waals surface area contributed by atoms with E-state index in [0.29, 0.717) is 19.5 Å². The lowest BCUT2D eigenvalue weighted by Crippen LogP contribution is -2.64. The van der Waals surface area contributed by atoms with Crippen LogP contribution in [0.1, 0.15) is 17.0 Å². The fraction of sp³-hybridized carbons (Fsp3) is 0.643. The molecule has 0 unspecified atom stereocenters. The predicted octanol–water partition coefficient (Wildman–Crippen LogP) is 0.0267. The quantitative estimate of drug-likeness (QED) is 0.855. The number of aryl methyl sites for hydroxylation is 2. The zero-order chi connectivity index (χ0) is 14.8. The van der Waals surface area contributed by atoms with Crippen LogP contribution in [0.15, 0.2) is 5.51 Å². The summed E-state index contributed by atoms with van der Waals surface area (Å²) in [7, 11) is 0. The number of hydrogen-bond acceptors (Lipinski definition) is 5. The number of aromatic nitrogens is 1. The summed E-state index contributed by atoms with van der Waals surface area (Å²) in [6.45, 7) is 5.62. The van der Waals surface area contributed by atoms with Gasteiger partial charge in [0, 0.05) is 44.0 Å². The molecular weight excluding hydrogens is 288 g/mol. The van der Waals surface area contributed by atoms with Crippen molar-refractivity contribution in [3.8, 4) is 0 Å². The van der Waals surface area contributed by atoms with Gasteiger partial charge in [0.05, 0.1) is 11.2 Å². The maximum Gasteiger partial charge on any atom is 0.239 e. The number of hydrogen-bond donors (Lipinski definition) is 1. The van der Waals surface area contributed by atoms with Crippen LogP contribution in [-0.2, 0) is 16.0 Å². The molecule has 1 aromatic heterocycles. The van der Waals surface area contributed by atoms with E-state index in [0.717, 1.165) is 31.7 Å². The summed E-state index contributed by atoms with van der Waals surface area (Å²) in [5.74, 6) is 0.192. The van der Waals surface area contributed by atoms with Gasteiger partial charge in [-0.15, -0.1) is 11.3 Å². The highest BCUT2D eigenvalue weighted by Gasteiger charge is 2.36. The van der Waals surface area contributed by atoms with Crippen LogP contribution in [0, 0.1) is 6.92 Å². The van der Waals surface area contributed by atoms with Crippen molar-refractivity contribution in [3.05, 3.63) is 16.1 Å². The molecule has 2 saturated heterocycles. The van der Waals surface area contributed by atoms with Crippen molar-refractivity contribution in [2.24, 2.45) is 0 Å². The first-order valence-electron chi connectivity index (χ1n) is 7.33. The van der Waals surface area contributed by atoms with Crippen molar-refractivity contribution in [2.45, 2.75) is 25.8 Å². The number of carbonyl (C=O) groups is 2. The lowest BCUT2D eigenvalue weighted by Gasteiger charge is -2.43. The monoisotopic (exact) mass is 308 g/mol. The number of rotatable bonds is 3. The van der Waals surface area contributed by atoms with Gasteiger partial charge in [-0.25, -0.2) is 4.98 Å². The van der Waals surface area contributed by atoms with E-state index in [-0.39, 0.29) is 17.9 Å². The van der Waals surface area contributed by atoms with Gasteiger partial charge in [-0.05, 0) is 13.3 Å². The summed E-state index contributed by atoms with van der Waals surface area (Å²) >= 11 is 1.60. The van der Waals surface area contributed by atoms with Crippen molar-refractivity contribution < 1.29 is 9.59 Å². The standard InChI is InChI=1S/C14H20N4O2S/c1-10-12(21-9-16-10)2-3-13(19)18-7-6-17-5-4-15-14(20)11(17)8-18/h9,11H,2-8H2,1H3,(H,15,20)/t11-/m0/s1. The molecule has 6 nitrogen and oxygen atoms in total. The second-order valence-electron chi connectivity index (χ2n) is 5.54. The Kier molecular flexibility index (Phi) is 4.21. The number of fused-ring (bicyclic) bond motifs is 1. The van der Waals surface area contributed by atoms with Crippen LogP contribution in [-0.4, -0.2) is 65.4 Å². The molecule has 1 N–H and O–H groups in total. The molecule has 7 heteroatoms. The van der Waals surface area contributed by atoms with Crippen LogP contribution in [0.2, 0.25) is 0 Å². The zero-order valence-electron chi connectivity index (χ0n) is 12.2. The number of nitrogens with zero attached hydrogens (tertiary/aromatic N) is 3. The molecule has 1 aromatic rings. The topological polar surface area (TPSA) is 65.5 Å². The van der Waals surface area contributed by atoms with Gasteiger partial charge in [0.15, 0.2) is 0 Å². The van der Waals surface area contributed by atoms with Crippen LogP contribution in [0.5, 0.6) is 0 Å². The second kappa shape index (κ2) is 6.11. The molecule has 0 bridgehead atoms. The average Bonchev–Trinajstić information content (AvgIpc) is 2.90. The van der Waals surface area contributed by atoms with E-state index in [1.54, 1.807) is 11.3 Å². The molecule has 2 amide bonds. The highest BCUT2D eigenvalue weighted by atomic mass is 32.1. The van der Waals surface area contributed by atoms with E-state index in [1.165, 1.54) is 4.88 Å². The predicted molar refractivity (Wildman–Crippen MR) is 80.1 cm³/mol. The first kappa shape index (κ1) is 14.5. The summed E-state index contributed by atoms with van der Waals surface area (Å²) in [4.78, 5) is 33.6. The minimum absolute atomic E-state index is 0.0528. The largest absolute Gasteiger partial charge is 0.353 e. The highest BCUT2D eigenvalue weighted by Crippen LogP contribution is 2.17. The summed E-state index contributed by atoms with van der Waals surface area (Å²) < 4.78 is 0. The Morgan fingerprint density at radius 2 is 2.33 bits per heavy atom. The summed E-state index contributed by atoms with van der Waals surface area (Å²) in [5, 5.41) is 2.88. The molecule has 2 aliphatic heterocycles. The van der Waals surface area contributed by atoms with E-state index < -0.39 is 0 Å². The van der Waals surface area contributed by atoms with Crippen LogP contribution in [0.25, 0.3) is 0 Å². The van der Waals surface area contributed by atoms with E-state index in [2.05, 4.69) is 15.2 Å². The molecule has 0 aliphatic carbocycles. The van der Waals surface area contributed by atoms with Gasteiger partial charge in [-0.1, -0.05) is 0 Å². The third-order valence-corrected chi connectivity index (χ3v) is 5.25. The van der Waals surface area contributed by atoms with Crippen molar-refractivity contribution in [1.29, 1.82) is 0 Å². The molecule has 0 spiro atoms. The van der Waals surface area contributed by atoms with Crippen LogP contribution in [0.3, 0.4) is 0 Å². The van der Waals surface area contributed by atoms with Gasteiger partial charge in [-0.3, -0.25) is 14.5 Å². The Morgan fingerprint density at radius 3 is 3.10 bits per heavy atom. The highest BCUT2D eigenvalue weighted by molar-refractivity contribution is 7.09. The molecule has 0 radical (unpaired) electrons. The van der Waals surface area contributed by atoms with Gasteiger partial charge >= 0.3 is 0 Å². The molecule has 1 atom stereocenters. The van der Waals surface area contributed by atoms with Crippen molar-refractivity contribution in [2.75, 3.05) is 32.7 Å². The van der Waals surface area contributed by atoms with Gasteiger partial charge in [-0.2, -0.15) is 0 Å². The molecule has 114 valence electrons. The van der Waals surface area contributed by atoms with E-state index in [9.17, 15) is 9.59 Å². The summed E-state index contributed by atoms with van der Waals surface area (Å²) in [5.41, 5.74) is 2.84. The second-order valence-corrected chi connectivity index (χ2v) is 6.48. The molecule has 21 heavy (non-hydrogen) atoms. The lowest BCUT2D eigenvalue weighted by atomic mass is 10.1. The van der Waals surface area contributed by atoms with Gasteiger partial charge in [0.2, 0.25) is 11.8 Å². The Balaban J connectivity index is 1.56. The minimum atomic E-state index is -0.165. The van der Waals surface area contributed by atoms with Gasteiger partial charge in [0.25, 0.3) is 0 Å². The Hall–Kier alpha value is -1.47. The number of piperazine rings is 2. The minimum Gasteiger partial charge on any atom is -0.353 e. The zero-order valence-corrected chi connectivity index (χ0v) is 13.0. The molecule has 0 saturated carbocycles. The first-order valence-corrected chi connectivity index (χ1v) is 8.21. The smallest absolute Gasteiger partial charge is 0.239 e. The third kappa shape index (κ3) is 3.08. The van der Waals surface area contributed by atoms with E-state index in [4.69, 9.17) is 0 Å². The van der Waals surface area contributed by atoms with E-state index >= 15 is 0 Å². The van der Waals surface area contributed by atoms with Crippen molar-refractivity contribution >= 4 is 23.2 Å². The maximum atomic E-state index is 12.3. The fourth-order valence-corrected chi connectivity index (χ4v) is 3.73.